The van der Waals surface area contributed by atoms with Gasteiger partial charge in [0.05, 0.1) is 5.69 Å². The lowest BCUT2D eigenvalue weighted by Crippen LogP contribution is -2.35. The zero-order valence-electron chi connectivity index (χ0n) is 12.5. The van der Waals surface area contributed by atoms with Gasteiger partial charge in [-0.2, -0.15) is 13.2 Å². The second-order valence-corrected chi connectivity index (χ2v) is 6.43. The summed E-state index contributed by atoms with van der Waals surface area (Å²) >= 11 is 1.41. The molecule has 1 fully saturated rings. The van der Waals surface area contributed by atoms with Crippen LogP contribution in [0.4, 0.5) is 18.3 Å². The van der Waals surface area contributed by atoms with Gasteiger partial charge < -0.3 is 10.2 Å². The van der Waals surface area contributed by atoms with Crippen LogP contribution in [0, 0.1) is 0 Å². The lowest BCUT2D eigenvalue weighted by atomic mass is 10.2. The van der Waals surface area contributed by atoms with Crippen molar-refractivity contribution in [2.45, 2.75) is 58.3 Å². The summed E-state index contributed by atoms with van der Waals surface area (Å²) in [5, 5.41) is 3.77. The molecule has 0 atom stereocenters. The molecule has 21 heavy (non-hydrogen) atoms. The van der Waals surface area contributed by atoms with Crippen molar-refractivity contribution in [1.29, 1.82) is 0 Å². The first-order chi connectivity index (χ1) is 9.94. The first-order valence-corrected chi connectivity index (χ1v) is 8.29. The molecule has 0 bridgehead atoms. The van der Waals surface area contributed by atoms with Crippen LogP contribution >= 0.6 is 11.3 Å². The fourth-order valence-corrected chi connectivity index (χ4v) is 3.38. The van der Waals surface area contributed by atoms with Crippen molar-refractivity contribution in [1.82, 2.24) is 10.3 Å². The van der Waals surface area contributed by atoms with Crippen LogP contribution in [-0.2, 0) is 13.0 Å². The maximum atomic E-state index is 12.8. The van der Waals surface area contributed by atoms with Crippen molar-refractivity contribution in [3.63, 3.8) is 0 Å². The molecule has 1 aliphatic rings. The minimum Gasteiger partial charge on any atom is -0.336 e. The summed E-state index contributed by atoms with van der Waals surface area (Å²) in [6.07, 6.45) is -0.740. The zero-order valence-corrected chi connectivity index (χ0v) is 13.3. The summed E-state index contributed by atoms with van der Waals surface area (Å²) < 4.78 is 38.3. The summed E-state index contributed by atoms with van der Waals surface area (Å²) in [7, 11) is 0. The highest BCUT2D eigenvalue weighted by Crippen LogP contribution is 2.37. The summed E-state index contributed by atoms with van der Waals surface area (Å²) in [6.45, 7) is 4.71. The van der Waals surface area contributed by atoms with Crippen molar-refractivity contribution >= 4 is 16.5 Å². The lowest BCUT2D eigenvalue weighted by molar-refractivity contribution is -0.120. The van der Waals surface area contributed by atoms with E-state index in [2.05, 4.69) is 17.2 Å². The first-order valence-electron chi connectivity index (χ1n) is 7.47. The van der Waals surface area contributed by atoms with Gasteiger partial charge in [0.1, 0.15) is 6.54 Å². The average Bonchev–Trinajstić information content (AvgIpc) is 3.16. The minimum absolute atomic E-state index is 0.0132. The van der Waals surface area contributed by atoms with Crippen LogP contribution in [-0.4, -0.2) is 30.3 Å². The maximum absolute atomic E-state index is 12.8. The van der Waals surface area contributed by atoms with Crippen LogP contribution in [0.5, 0.6) is 0 Å². The molecule has 1 N–H and O–H groups in total. The Kier molecular flexibility index (Phi) is 5.48. The van der Waals surface area contributed by atoms with E-state index in [4.69, 9.17) is 0 Å². The Balaban J connectivity index is 2.19. The normalized spacial score (nSPS) is 15.5. The second-order valence-electron chi connectivity index (χ2n) is 5.37. The molecular formula is C14H22F3N3S. The van der Waals surface area contributed by atoms with Gasteiger partial charge in [0, 0.05) is 17.5 Å². The van der Waals surface area contributed by atoms with Gasteiger partial charge >= 0.3 is 6.18 Å². The Hall–Kier alpha value is -0.820. The van der Waals surface area contributed by atoms with Crippen molar-refractivity contribution < 1.29 is 13.2 Å². The summed E-state index contributed by atoms with van der Waals surface area (Å²) in [5.41, 5.74) is 0.950. The maximum Gasteiger partial charge on any atom is 0.406 e. The third-order valence-electron chi connectivity index (χ3n) is 3.37. The molecule has 120 valence electrons. The lowest BCUT2D eigenvalue weighted by Gasteiger charge is -2.22. The van der Waals surface area contributed by atoms with Gasteiger partial charge in [-0.3, -0.25) is 0 Å². The van der Waals surface area contributed by atoms with Gasteiger partial charge in [0.15, 0.2) is 5.13 Å². The predicted molar refractivity (Wildman–Crippen MR) is 79.9 cm³/mol. The molecule has 0 unspecified atom stereocenters. The van der Waals surface area contributed by atoms with Crippen molar-refractivity contribution in [3.8, 4) is 0 Å². The summed E-state index contributed by atoms with van der Waals surface area (Å²) in [6, 6.07) is 0.0132. The zero-order chi connectivity index (χ0) is 15.5. The Morgan fingerprint density at radius 2 is 2.05 bits per heavy atom. The van der Waals surface area contributed by atoms with E-state index in [9.17, 15) is 13.2 Å². The Morgan fingerprint density at radius 3 is 2.57 bits per heavy atom. The van der Waals surface area contributed by atoms with Crippen LogP contribution in [0.3, 0.4) is 0 Å². The number of nitrogens with one attached hydrogen (secondary N) is 1. The van der Waals surface area contributed by atoms with Crippen LogP contribution < -0.4 is 10.2 Å². The van der Waals surface area contributed by atoms with Crippen molar-refractivity contribution in [2.24, 2.45) is 0 Å². The van der Waals surface area contributed by atoms with Crippen LogP contribution in [0.25, 0.3) is 0 Å². The monoisotopic (exact) mass is 321 g/mol. The summed E-state index contributed by atoms with van der Waals surface area (Å²) in [4.78, 5) is 7.02. The number of hydrogen-bond acceptors (Lipinski definition) is 4. The largest absolute Gasteiger partial charge is 0.406 e. The highest BCUT2D eigenvalue weighted by molar-refractivity contribution is 7.15. The van der Waals surface area contributed by atoms with E-state index in [1.54, 1.807) is 0 Å². The van der Waals surface area contributed by atoms with Gasteiger partial charge in [-0.25, -0.2) is 4.98 Å². The van der Waals surface area contributed by atoms with Gasteiger partial charge in [-0.1, -0.05) is 20.3 Å². The molecule has 2 rings (SSSR count). The molecular weight excluding hydrogens is 299 g/mol. The molecule has 0 aliphatic heterocycles. The van der Waals surface area contributed by atoms with E-state index in [-0.39, 0.29) is 6.04 Å². The molecule has 1 saturated carbocycles. The molecule has 1 aliphatic carbocycles. The van der Waals surface area contributed by atoms with E-state index < -0.39 is 12.7 Å². The highest BCUT2D eigenvalue weighted by Gasteiger charge is 2.39. The molecule has 1 aromatic heterocycles. The van der Waals surface area contributed by atoms with E-state index in [1.165, 1.54) is 16.2 Å². The quantitative estimate of drug-likeness (QED) is 0.790. The number of hydrogen-bond donors (Lipinski definition) is 1. The fourth-order valence-electron chi connectivity index (χ4n) is 2.23. The molecule has 0 amide bonds. The van der Waals surface area contributed by atoms with E-state index >= 15 is 0 Å². The Labute approximate surface area is 127 Å². The third kappa shape index (κ3) is 4.85. The molecule has 1 heterocycles. The van der Waals surface area contributed by atoms with Crippen LogP contribution in [0.1, 0.15) is 43.7 Å². The van der Waals surface area contributed by atoms with E-state index in [0.29, 0.717) is 11.7 Å². The predicted octanol–water partition coefficient (Wildman–Crippen LogP) is 3.74. The summed E-state index contributed by atoms with van der Waals surface area (Å²) in [5.74, 6) is 0. The SMILES string of the molecule is CCCc1nc(N(CC(F)(F)F)C2CC2)sc1CNCC. The minimum atomic E-state index is -4.18. The van der Waals surface area contributed by atoms with Gasteiger partial charge in [0.2, 0.25) is 0 Å². The topological polar surface area (TPSA) is 28.2 Å². The molecule has 7 heteroatoms. The van der Waals surface area contributed by atoms with Gasteiger partial charge in [0.25, 0.3) is 0 Å². The first kappa shape index (κ1) is 16.5. The van der Waals surface area contributed by atoms with E-state index in [1.807, 2.05) is 6.92 Å². The molecule has 0 radical (unpaired) electrons. The number of halogens is 3. The number of anilines is 1. The van der Waals surface area contributed by atoms with Gasteiger partial charge in [-0.15, -0.1) is 11.3 Å². The fraction of sp³-hybridized carbons (Fsp3) is 0.786. The van der Waals surface area contributed by atoms with Crippen molar-refractivity contribution in [2.75, 3.05) is 18.0 Å². The Morgan fingerprint density at radius 1 is 1.33 bits per heavy atom. The molecule has 3 nitrogen and oxygen atoms in total. The van der Waals surface area contributed by atoms with E-state index in [0.717, 1.165) is 42.8 Å². The second kappa shape index (κ2) is 6.96. The number of thiazole rings is 1. The smallest absolute Gasteiger partial charge is 0.336 e. The number of nitrogens with zero attached hydrogens (tertiary/aromatic N) is 2. The average molecular weight is 321 g/mol. The van der Waals surface area contributed by atoms with Crippen molar-refractivity contribution in [3.05, 3.63) is 10.6 Å². The van der Waals surface area contributed by atoms with Crippen LogP contribution in [0.2, 0.25) is 0 Å². The highest BCUT2D eigenvalue weighted by atomic mass is 32.1. The standard InChI is InChI=1S/C14H22F3N3S/c1-3-5-11-12(8-18-4-2)21-13(19-11)20(10-6-7-10)9-14(15,16)17/h10,18H,3-9H2,1-2H3. The third-order valence-corrected chi connectivity index (χ3v) is 4.51. The van der Waals surface area contributed by atoms with Crippen LogP contribution in [0.15, 0.2) is 0 Å². The molecule has 1 aromatic rings. The number of aryl methyl sites for hydroxylation is 1. The number of rotatable bonds is 8. The Bertz CT molecular complexity index is 455. The molecule has 0 saturated heterocycles. The number of alkyl halides is 3. The number of aromatic nitrogens is 1. The van der Waals surface area contributed by atoms with Gasteiger partial charge in [-0.05, 0) is 25.8 Å². The molecule has 0 spiro atoms. The molecule has 0 aromatic carbocycles.